The van der Waals surface area contributed by atoms with E-state index in [9.17, 15) is 4.79 Å². The van der Waals surface area contributed by atoms with E-state index in [-0.39, 0.29) is 29.6 Å². The van der Waals surface area contributed by atoms with Crippen LogP contribution in [0.5, 0.6) is 0 Å². The van der Waals surface area contributed by atoms with Gasteiger partial charge in [-0.15, -0.1) is 0 Å². The van der Waals surface area contributed by atoms with Gasteiger partial charge in [0.15, 0.2) is 5.82 Å². The van der Waals surface area contributed by atoms with Crippen molar-refractivity contribution < 1.29 is 14.1 Å². The summed E-state index contributed by atoms with van der Waals surface area (Å²) < 4.78 is 11.0. The molecule has 1 saturated heterocycles. The Morgan fingerprint density at radius 2 is 2.17 bits per heavy atom. The molecule has 136 valence electrons. The minimum Gasteiger partial charge on any atom is -0.378 e. The number of aromatic nitrogens is 2. The molecule has 2 heterocycles. The summed E-state index contributed by atoms with van der Waals surface area (Å²) in [7, 11) is 1.66. The number of likely N-dealkylation sites (tertiary alicyclic amines) is 1. The van der Waals surface area contributed by atoms with Gasteiger partial charge in [-0.05, 0) is 13.8 Å². The molecule has 8 nitrogen and oxygen atoms in total. The Bertz CT molecular complexity index is 554. The second-order valence-corrected chi connectivity index (χ2v) is 7.22. The lowest BCUT2D eigenvalue weighted by Crippen LogP contribution is -2.48. The number of carbonyl (C=O) groups excluding carboxylic acids is 1. The summed E-state index contributed by atoms with van der Waals surface area (Å²) in [5.41, 5.74) is -0.149. The smallest absolute Gasteiger partial charge is 0.315 e. The van der Waals surface area contributed by atoms with Crippen LogP contribution < -0.4 is 10.6 Å². The van der Waals surface area contributed by atoms with Crippen LogP contribution in [0.25, 0.3) is 0 Å². The maximum atomic E-state index is 11.8. The topological polar surface area (TPSA) is 92.5 Å². The highest BCUT2D eigenvalue weighted by Gasteiger charge is 2.38. The van der Waals surface area contributed by atoms with Gasteiger partial charge < -0.3 is 19.9 Å². The molecular formula is C16H29N5O3. The van der Waals surface area contributed by atoms with Gasteiger partial charge in [-0.1, -0.05) is 25.9 Å². The molecule has 0 radical (unpaired) electrons. The van der Waals surface area contributed by atoms with Crippen LogP contribution >= 0.6 is 0 Å². The van der Waals surface area contributed by atoms with Crippen molar-refractivity contribution in [2.24, 2.45) is 0 Å². The number of urea groups is 1. The number of methoxy groups -OCH3 is 1. The predicted molar refractivity (Wildman–Crippen MR) is 89.8 cm³/mol. The Kier molecular flexibility index (Phi) is 5.82. The van der Waals surface area contributed by atoms with Gasteiger partial charge in [0, 0.05) is 32.2 Å². The van der Waals surface area contributed by atoms with Crippen molar-refractivity contribution in [1.29, 1.82) is 0 Å². The molecule has 2 N–H and O–H groups in total. The van der Waals surface area contributed by atoms with E-state index in [4.69, 9.17) is 9.26 Å². The predicted octanol–water partition coefficient (Wildman–Crippen LogP) is 1.45. The Morgan fingerprint density at radius 3 is 2.71 bits per heavy atom. The first kappa shape index (κ1) is 18.7. The molecule has 1 aliphatic heterocycles. The number of nitrogens with zero attached hydrogens (tertiary/aromatic N) is 3. The van der Waals surface area contributed by atoms with Crippen LogP contribution in [0.3, 0.4) is 0 Å². The maximum absolute atomic E-state index is 11.8. The van der Waals surface area contributed by atoms with Crippen molar-refractivity contribution in [2.45, 2.75) is 58.2 Å². The molecule has 0 bridgehead atoms. The molecule has 1 aliphatic rings. The van der Waals surface area contributed by atoms with Crippen molar-refractivity contribution in [3.8, 4) is 0 Å². The van der Waals surface area contributed by atoms with Gasteiger partial charge in [0.25, 0.3) is 0 Å². The zero-order valence-corrected chi connectivity index (χ0v) is 15.4. The van der Waals surface area contributed by atoms with Crippen LogP contribution in [-0.2, 0) is 10.2 Å². The highest BCUT2D eigenvalue weighted by atomic mass is 16.5. The van der Waals surface area contributed by atoms with E-state index in [1.54, 1.807) is 7.11 Å². The Balaban J connectivity index is 2.04. The van der Waals surface area contributed by atoms with E-state index in [1.165, 1.54) is 0 Å². The minimum atomic E-state index is -0.174. The van der Waals surface area contributed by atoms with Gasteiger partial charge in [-0.2, -0.15) is 4.98 Å². The van der Waals surface area contributed by atoms with E-state index >= 15 is 0 Å². The lowest BCUT2D eigenvalue weighted by Gasteiger charge is -2.20. The van der Waals surface area contributed by atoms with Gasteiger partial charge in [0.1, 0.15) is 0 Å². The summed E-state index contributed by atoms with van der Waals surface area (Å²) >= 11 is 0. The SMILES string of the molecule is CCNC(=O)NC1CN(C(C)c2nc(C(C)(C)C)no2)C[C@H]1OC. The van der Waals surface area contributed by atoms with E-state index in [1.807, 2.05) is 13.8 Å². The molecule has 1 fully saturated rings. The van der Waals surface area contributed by atoms with Gasteiger partial charge in [0.2, 0.25) is 5.89 Å². The first-order valence-electron chi connectivity index (χ1n) is 8.41. The molecule has 8 heteroatoms. The average Bonchev–Trinajstić information content (AvgIpc) is 3.13. The number of ether oxygens (including phenoxy) is 1. The lowest BCUT2D eigenvalue weighted by molar-refractivity contribution is 0.0861. The molecule has 1 aromatic heterocycles. The molecule has 2 amide bonds. The van der Waals surface area contributed by atoms with Crippen LogP contribution in [0.2, 0.25) is 0 Å². The summed E-state index contributed by atoms with van der Waals surface area (Å²) in [4.78, 5) is 18.5. The maximum Gasteiger partial charge on any atom is 0.315 e. The molecule has 2 rings (SSSR count). The van der Waals surface area contributed by atoms with Crippen LogP contribution in [0.1, 0.15) is 52.4 Å². The highest BCUT2D eigenvalue weighted by molar-refractivity contribution is 5.74. The number of hydrogen-bond donors (Lipinski definition) is 2. The van der Waals surface area contributed by atoms with Gasteiger partial charge in [0.05, 0.1) is 18.2 Å². The number of carbonyl (C=O) groups is 1. The lowest BCUT2D eigenvalue weighted by atomic mass is 9.96. The number of rotatable bonds is 5. The Labute approximate surface area is 143 Å². The third-order valence-electron chi connectivity index (χ3n) is 4.27. The zero-order chi connectivity index (χ0) is 17.9. The van der Waals surface area contributed by atoms with Crippen LogP contribution in [0.4, 0.5) is 4.79 Å². The van der Waals surface area contributed by atoms with Crippen LogP contribution in [0.15, 0.2) is 4.52 Å². The van der Waals surface area contributed by atoms with E-state index in [0.29, 0.717) is 31.3 Å². The fourth-order valence-corrected chi connectivity index (χ4v) is 2.74. The average molecular weight is 339 g/mol. The third kappa shape index (κ3) is 4.24. The molecule has 0 aromatic carbocycles. The Morgan fingerprint density at radius 1 is 1.46 bits per heavy atom. The molecule has 0 saturated carbocycles. The molecule has 2 unspecified atom stereocenters. The van der Waals surface area contributed by atoms with Gasteiger partial charge in [-0.3, -0.25) is 4.90 Å². The second-order valence-electron chi connectivity index (χ2n) is 7.22. The first-order chi connectivity index (χ1) is 11.3. The van der Waals surface area contributed by atoms with E-state index in [2.05, 4.69) is 46.4 Å². The largest absolute Gasteiger partial charge is 0.378 e. The Hall–Kier alpha value is -1.67. The summed E-state index contributed by atoms with van der Waals surface area (Å²) in [5, 5.41) is 9.80. The normalized spacial score (nSPS) is 23.2. The first-order valence-corrected chi connectivity index (χ1v) is 8.41. The molecule has 0 spiro atoms. The fourth-order valence-electron chi connectivity index (χ4n) is 2.74. The van der Waals surface area contributed by atoms with Gasteiger partial charge in [-0.25, -0.2) is 4.79 Å². The molecule has 3 atom stereocenters. The quantitative estimate of drug-likeness (QED) is 0.843. The third-order valence-corrected chi connectivity index (χ3v) is 4.27. The summed E-state index contributed by atoms with van der Waals surface area (Å²) in [5.74, 6) is 1.29. The molecule has 0 aliphatic carbocycles. The summed E-state index contributed by atoms with van der Waals surface area (Å²) in [6.07, 6.45) is -0.0694. The van der Waals surface area contributed by atoms with Crippen molar-refractivity contribution in [1.82, 2.24) is 25.7 Å². The molecule has 24 heavy (non-hydrogen) atoms. The minimum absolute atomic E-state index is 0.0349. The van der Waals surface area contributed by atoms with E-state index in [0.717, 1.165) is 0 Å². The van der Waals surface area contributed by atoms with Gasteiger partial charge >= 0.3 is 6.03 Å². The summed E-state index contributed by atoms with van der Waals surface area (Å²) in [6.45, 7) is 12.0. The van der Waals surface area contributed by atoms with Crippen molar-refractivity contribution in [2.75, 3.05) is 26.7 Å². The standard InChI is InChI=1S/C16H29N5O3/c1-7-17-15(22)18-11-8-21(9-12(11)23-6)10(2)13-19-14(20-24-13)16(3,4)5/h10-12H,7-9H2,1-6H3,(H2,17,18,22)/t10?,11?,12-/m1/s1. The highest BCUT2D eigenvalue weighted by Crippen LogP contribution is 2.27. The molecular weight excluding hydrogens is 310 g/mol. The van der Waals surface area contributed by atoms with Crippen molar-refractivity contribution >= 4 is 6.03 Å². The number of hydrogen-bond acceptors (Lipinski definition) is 6. The second kappa shape index (κ2) is 7.48. The van der Waals surface area contributed by atoms with Crippen molar-refractivity contribution in [3.63, 3.8) is 0 Å². The fraction of sp³-hybridized carbons (Fsp3) is 0.812. The zero-order valence-electron chi connectivity index (χ0n) is 15.4. The summed E-state index contributed by atoms with van der Waals surface area (Å²) in [6, 6.07) is -0.284. The van der Waals surface area contributed by atoms with Crippen LogP contribution in [0, 0.1) is 0 Å². The van der Waals surface area contributed by atoms with Crippen LogP contribution in [-0.4, -0.2) is 60.0 Å². The number of amides is 2. The van der Waals surface area contributed by atoms with Crippen molar-refractivity contribution in [3.05, 3.63) is 11.7 Å². The monoisotopic (exact) mass is 339 g/mol. The number of nitrogens with one attached hydrogen (secondary N) is 2. The molecule has 1 aromatic rings. The van der Waals surface area contributed by atoms with E-state index < -0.39 is 0 Å².